The van der Waals surface area contributed by atoms with Gasteiger partial charge in [-0.05, 0) is 122 Å². The van der Waals surface area contributed by atoms with Crippen LogP contribution in [0.5, 0.6) is 0 Å². The van der Waals surface area contributed by atoms with Gasteiger partial charge in [-0.25, -0.2) is 0 Å². The van der Waals surface area contributed by atoms with Crippen LogP contribution in [0.15, 0.2) is 134 Å². The fourth-order valence-corrected chi connectivity index (χ4v) is 10.4. The zero-order valence-electron chi connectivity index (χ0n) is 56.5. The SMILES string of the molecule is CC/C=C\C/C=C\C/C=C\C/C=C\C/C=C\C/C=C\CCCCCCCCCCC(=O)OC1C(OCC(NC(=O)C(O)CCCCCC/C=C\C/C=C\C/C=C\C/C=C\CCCCC)C(O)/C=C/CCCCCCCCCCCCC)OC(CO)C(O)C1O. The van der Waals surface area contributed by atoms with Crippen molar-refractivity contribution in [3.05, 3.63) is 134 Å². The van der Waals surface area contributed by atoms with Crippen molar-refractivity contribution in [3.63, 3.8) is 0 Å². The van der Waals surface area contributed by atoms with E-state index in [1.807, 2.05) is 6.08 Å². The number of amides is 1. The first kappa shape index (κ1) is 82.8. The highest BCUT2D eigenvalue weighted by atomic mass is 16.7. The predicted octanol–water partition coefficient (Wildman–Crippen LogP) is 18.7. The number of nitrogens with one attached hydrogen (secondary N) is 1. The summed E-state index contributed by atoms with van der Waals surface area (Å²) in [6.45, 7) is 5.65. The number of esters is 1. The Morgan fingerprint density at radius 1 is 0.449 bits per heavy atom. The Morgan fingerprint density at radius 2 is 0.809 bits per heavy atom. The summed E-state index contributed by atoms with van der Waals surface area (Å²) in [5.41, 5.74) is 0. The van der Waals surface area contributed by atoms with Crippen LogP contribution < -0.4 is 5.32 Å². The Bertz CT molecular complexity index is 1960. The molecule has 1 amide bonds. The highest BCUT2D eigenvalue weighted by molar-refractivity contribution is 5.80. The molecule has 1 heterocycles. The Hall–Kier alpha value is -4.20. The molecule has 6 N–H and O–H groups in total. The molecule has 8 unspecified atom stereocenters. The van der Waals surface area contributed by atoms with Crippen LogP contribution in [0.25, 0.3) is 0 Å². The van der Waals surface area contributed by atoms with E-state index in [9.17, 15) is 35.1 Å². The number of allylic oxidation sites excluding steroid dienone is 21. The van der Waals surface area contributed by atoms with Gasteiger partial charge in [-0.2, -0.15) is 0 Å². The molecule has 1 saturated heterocycles. The Labute approximate surface area is 543 Å². The van der Waals surface area contributed by atoms with Crippen LogP contribution in [0.2, 0.25) is 0 Å². The molecular weight excluding hydrogens is 1110 g/mol. The maximum Gasteiger partial charge on any atom is 0.306 e. The minimum Gasteiger partial charge on any atom is -0.454 e. The van der Waals surface area contributed by atoms with Gasteiger partial charge in [0.1, 0.15) is 24.4 Å². The van der Waals surface area contributed by atoms with E-state index in [-0.39, 0.29) is 19.4 Å². The molecule has 0 bridgehead atoms. The molecule has 0 aliphatic carbocycles. The lowest BCUT2D eigenvalue weighted by Gasteiger charge is -2.41. The Kier molecular flexibility index (Phi) is 59.5. The Balaban J connectivity index is 2.61. The number of hydrogen-bond acceptors (Lipinski definition) is 10. The van der Waals surface area contributed by atoms with E-state index in [1.165, 1.54) is 96.3 Å². The molecule has 1 rings (SSSR count). The van der Waals surface area contributed by atoms with E-state index < -0.39 is 67.4 Å². The lowest BCUT2D eigenvalue weighted by molar-refractivity contribution is -0.305. The van der Waals surface area contributed by atoms with E-state index >= 15 is 0 Å². The standard InChI is InChI=1S/C78H131NO10/c1-4-7-10-13-16-19-22-25-27-29-31-33-34-35-36-37-38-39-41-43-45-48-51-54-57-60-63-66-73(83)89-76-75(85)74(84)72(67-80)88-78(76)87-68-69(70(81)64-61-58-55-52-49-46-24-21-18-15-12-9-6-3)79-77(86)71(82)65-62-59-56-53-50-47-44-42-40-32-30-28-26-23-20-17-14-11-8-5-2/h7,10,16-17,19-20,25-28,31-33,35-36,38-40,44,47,61,64,69-72,74-76,78,80-82,84-85H,4-6,8-9,11-15,18,21-24,29-30,34,37,41-43,45-46,48-60,62-63,65-68H2,1-3H3,(H,79,86)/b10-7-,19-16-,20-17-,27-25-,28-26-,33-31-,36-35-,39-38-,40-32-,47-44-,64-61+. The average Bonchev–Trinajstić information content (AvgIpc) is 1.85. The van der Waals surface area contributed by atoms with Crippen molar-refractivity contribution >= 4 is 11.9 Å². The maximum absolute atomic E-state index is 13.5. The third kappa shape index (κ3) is 51.1. The predicted molar refractivity (Wildman–Crippen MR) is 374 cm³/mol. The van der Waals surface area contributed by atoms with Crippen molar-refractivity contribution in [2.24, 2.45) is 0 Å². The largest absolute Gasteiger partial charge is 0.454 e. The van der Waals surface area contributed by atoms with Gasteiger partial charge in [-0.3, -0.25) is 9.59 Å². The fourth-order valence-electron chi connectivity index (χ4n) is 10.4. The summed E-state index contributed by atoms with van der Waals surface area (Å²) in [7, 11) is 0. The van der Waals surface area contributed by atoms with Crippen molar-refractivity contribution in [2.45, 2.75) is 333 Å². The second-order valence-corrected chi connectivity index (χ2v) is 24.2. The molecule has 0 radical (unpaired) electrons. The molecule has 11 heteroatoms. The molecule has 1 aliphatic rings. The van der Waals surface area contributed by atoms with Gasteiger partial charge in [0, 0.05) is 6.42 Å². The van der Waals surface area contributed by atoms with E-state index in [1.54, 1.807) is 6.08 Å². The zero-order valence-corrected chi connectivity index (χ0v) is 56.5. The van der Waals surface area contributed by atoms with Crippen molar-refractivity contribution < 1.29 is 49.3 Å². The molecule has 1 aliphatic heterocycles. The van der Waals surface area contributed by atoms with Gasteiger partial charge in [0.2, 0.25) is 5.91 Å². The quantitative estimate of drug-likeness (QED) is 0.0195. The normalized spacial score (nSPS) is 18.9. The van der Waals surface area contributed by atoms with Crippen LogP contribution in [-0.2, 0) is 23.8 Å². The molecule has 0 aromatic carbocycles. The number of carbonyl (C=O) groups excluding carboxylic acids is 2. The lowest BCUT2D eigenvalue weighted by atomic mass is 9.99. The number of carbonyl (C=O) groups is 2. The molecule has 0 aromatic rings. The molecule has 1 fully saturated rings. The molecule has 0 saturated carbocycles. The van der Waals surface area contributed by atoms with Crippen molar-refractivity contribution in [2.75, 3.05) is 13.2 Å². The first-order valence-electron chi connectivity index (χ1n) is 36.0. The summed E-state index contributed by atoms with van der Waals surface area (Å²) in [6.07, 6.45) is 80.5. The van der Waals surface area contributed by atoms with Crippen LogP contribution in [0.4, 0.5) is 0 Å². The zero-order chi connectivity index (χ0) is 64.6. The van der Waals surface area contributed by atoms with Crippen molar-refractivity contribution in [3.8, 4) is 0 Å². The maximum atomic E-state index is 13.5. The summed E-state index contributed by atoms with van der Waals surface area (Å²) >= 11 is 0. The van der Waals surface area contributed by atoms with E-state index in [2.05, 4.69) is 148 Å². The van der Waals surface area contributed by atoms with E-state index in [4.69, 9.17) is 14.2 Å². The van der Waals surface area contributed by atoms with Gasteiger partial charge in [0.05, 0.1) is 25.4 Å². The third-order valence-corrected chi connectivity index (χ3v) is 16.0. The summed E-state index contributed by atoms with van der Waals surface area (Å²) < 4.78 is 17.7. The van der Waals surface area contributed by atoms with Gasteiger partial charge in [0.15, 0.2) is 12.4 Å². The van der Waals surface area contributed by atoms with Crippen molar-refractivity contribution in [1.82, 2.24) is 5.32 Å². The second kappa shape index (κ2) is 63.9. The van der Waals surface area contributed by atoms with Crippen molar-refractivity contribution in [1.29, 1.82) is 0 Å². The van der Waals surface area contributed by atoms with Gasteiger partial charge in [-0.15, -0.1) is 0 Å². The van der Waals surface area contributed by atoms with Crippen LogP contribution in [0, 0.1) is 0 Å². The van der Waals surface area contributed by atoms with Gasteiger partial charge >= 0.3 is 5.97 Å². The van der Waals surface area contributed by atoms with Crippen LogP contribution in [-0.4, -0.2) is 99.6 Å². The lowest BCUT2D eigenvalue weighted by Crippen LogP contribution is -2.61. The Morgan fingerprint density at radius 3 is 1.24 bits per heavy atom. The van der Waals surface area contributed by atoms with Crippen LogP contribution in [0.1, 0.15) is 284 Å². The monoisotopic (exact) mass is 1240 g/mol. The number of unbranched alkanes of at least 4 members (excludes halogenated alkanes) is 26. The number of ether oxygens (including phenoxy) is 3. The third-order valence-electron chi connectivity index (χ3n) is 16.0. The average molecular weight is 1240 g/mol. The minimum absolute atomic E-state index is 0.103. The number of hydrogen-bond donors (Lipinski definition) is 6. The number of rotatable bonds is 60. The number of aliphatic hydroxyl groups excluding tert-OH is 5. The summed E-state index contributed by atoms with van der Waals surface area (Å²) in [4.78, 5) is 26.7. The highest BCUT2D eigenvalue weighted by Crippen LogP contribution is 2.26. The first-order chi connectivity index (χ1) is 43.7. The summed E-state index contributed by atoms with van der Waals surface area (Å²) in [5.74, 6) is -1.23. The summed E-state index contributed by atoms with van der Waals surface area (Å²) in [5, 5.41) is 57.3. The molecule has 89 heavy (non-hydrogen) atoms. The van der Waals surface area contributed by atoms with Crippen LogP contribution in [0.3, 0.4) is 0 Å². The van der Waals surface area contributed by atoms with E-state index in [0.29, 0.717) is 12.8 Å². The molecular formula is C78H131NO10. The van der Waals surface area contributed by atoms with E-state index in [0.717, 1.165) is 141 Å². The molecule has 0 aromatic heterocycles. The smallest absolute Gasteiger partial charge is 0.306 e. The summed E-state index contributed by atoms with van der Waals surface area (Å²) in [6, 6.07) is -1.05. The second-order valence-electron chi connectivity index (χ2n) is 24.2. The van der Waals surface area contributed by atoms with Crippen LogP contribution >= 0.6 is 0 Å². The fraction of sp³-hybridized carbons (Fsp3) is 0.692. The number of aliphatic hydroxyl groups is 5. The minimum atomic E-state index is -1.63. The van der Waals surface area contributed by atoms with Gasteiger partial charge in [-0.1, -0.05) is 289 Å². The molecule has 0 spiro atoms. The first-order valence-corrected chi connectivity index (χ1v) is 36.0. The molecule has 508 valence electrons. The van der Waals surface area contributed by atoms with Gasteiger partial charge in [0.25, 0.3) is 0 Å². The topological polar surface area (TPSA) is 175 Å². The molecule has 11 nitrogen and oxygen atoms in total. The highest BCUT2D eigenvalue weighted by Gasteiger charge is 2.47. The molecule has 8 atom stereocenters. The van der Waals surface area contributed by atoms with Gasteiger partial charge < -0.3 is 45.1 Å².